The van der Waals surface area contributed by atoms with Crippen molar-refractivity contribution in [2.45, 2.75) is 12.5 Å². The van der Waals surface area contributed by atoms with Crippen molar-refractivity contribution < 1.29 is 13.5 Å². The summed E-state index contributed by atoms with van der Waals surface area (Å²) < 4.78 is 31.6. The number of halogens is 2. The zero-order valence-corrected chi connectivity index (χ0v) is 9.05. The molecule has 0 aliphatic rings. The van der Waals surface area contributed by atoms with Crippen molar-refractivity contribution in [1.82, 2.24) is 5.32 Å². The Balaban J connectivity index is 3.14. The van der Waals surface area contributed by atoms with Crippen molar-refractivity contribution in [2.24, 2.45) is 0 Å². The maximum Gasteiger partial charge on any atom is 0.165 e. The second-order valence-corrected chi connectivity index (χ2v) is 3.21. The minimum absolute atomic E-state index is 0.0686. The maximum absolute atomic E-state index is 13.6. The second-order valence-electron chi connectivity index (χ2n) is 3.21. The first kappa shape index (κ1) is 12.4. The van der Waals surface area contributed by atoms with E-state index in [-0.39, 0.29) is 17.7 Å². The Hall–Kier alpha value is -1.67. The number of nitriles is 1. The molecule has 1 aromatic carbocycles. The highest BCUT2D eigenvalue weighted by molar-refractivity contribution is 5.33. The van der Waals surface area contributed by atoms with E-state index in [9.17, 15) is 8.78 Å². The van der Waals surface area contributed by atoms with Crippen LogP contribution in [0.3, 0.4) is 0 Å². The standard InChI is InChI=1S/C11H12F2N2O/c1-15-10(3-4-14)7-5-9(13)11(16-2)6-8(7)12/h5-6,10,15H,3H2,1-2H3. The fourth-order valence-corrected chi connectivity index (χ4v) is 1.43. The molecule has 0 radical (unpaired) electrons. The molecule has 1 N–H and O–H groups in total. The van der Waals surface area contributed by atoms with Gasteiger partial charge in [-0.25, -0.2) is 8.78 Å². The zero-order valence-electron chi connectivity index (χ0n) is 9.05. The van der Waals surface area contributed by atoms with Crippen molar-refractivity contribution in [3.05, 3.63) is 29.3 Å². The molecule has 1 unspecified atom stereocenters. The molecule has 1 aromatic rings. The van der Waals surface area contributed by atoms with Crippen LogP contribution in [-0.2, 0) is 0 Å². The van der Waals surface area contributed by atoms with Crippen molar-refractivity contribution in [3.8, 4) is 11.8 Å². The van der Waals surface area contributed by atoms with Crippen LogP contribution in [0.4, 0.5) is 8.78 Å². The van der Waals surface area contributed by atoms with E-state index in [1.807, 2.05) is 6.07 Å². The van der Waals surface area contributed by atoms with Crippen molar-refractivity contribution in [3.63, 3.8) is 0 Å². The van der Waals surface area contributed by atoms with Gasteiger partial charge >= 0.3 is 0 Å². The highest BCUT2D eigenvalue weighted by Gasteiger charge is 2.17. The van der Waals surface area contributed by atoms with E-state index in [0.717, 1.165) is 12.1 Å². The van der Waals surface area contributed by atoms with Gasteiger partial charge in [0.15, 0.2) is 11.6 Å². The fourth-order valence-electron chi connectivity index (χ4n) is 1.43. The van der Waals surface area contributed by atoms with E-state index in [4.69, 9.17) is 5.26 Å². The summed E-state index contributed by atoms with van der Waals surface area (Å²) in [4.78, 5) is 0. The van der Waals surface area contributed by atoms with Crippen LogP contribution in [0.1, 0.15) is 18.0 Å². The largest absolute Gasteiger partial charge is 0.494 e. The van der Waals surface area contributed by atoms with E-state index < -0.39 is 17.7 Å². The Morgan fingerprint density at radius 3 is 2.62 bits per heavy atom. The first-order valence-corrected chi connectivity index (χ1v) is 4.71. The van der Waals surface area contributed by atoms with Crippen molar-refractivity contribution in [2.75, 3.05) is 14.2 Å². The number of nitrogens with zero attached hydrogens (tertiary/aromatic N) is 1. The van der Waals surface area contributed by atoms with E-state index in [0.29, 0.717) is 0 Å². The molecular formula is C11H12F2N2O. The molecule has 3 nitrogen and oxygen atoms in total. The lowest BCUT2D eigenvalue weighted by Gasteiger charge is -2.15. The predicted octanol–water partition coefficient (Wildman–Crippen LogP) is 2.15. The molecule has 0 spiro atoms. The SMILES string of the molecule is CNC(CC#N)c1cc(F)c(OC)cc1F. The smallest absolute Gasteiger partial charge is 0.165 e. The quantitative estimate of drug-likeness (QED) is 0.855. The van der Waals surface area contributed by atoms with E-state index in [1.54, 1.807) is 7.05 Å². The summed E-state index contributed by atoms with van der Waals surface area (Å²) in [5.41, 5.74) is 0.127. The molecule has 16 heavy (non-hydrogen) atoms. The lowest BCUT2D eigenvalue weighted by atomic mass is 10.0. The molecule has 0 bridgehead atoms. The average Bonchev–Trinajstić information content (AvgIpc) is 2.28. The number of rotatable bonds is 4. The minimum Gasteiger partial charge on any atom is -0.494 e. The second kappa shape index (κ2) is 5.42. The van der Waals surface area contributed by atoms with Crippen LogP contribution >= 0.6 is 0 Å². The molecule has 0 saturated heterocycles. The van der Waals surface area contributed by atoms with Crippen LogP contribution in [0.15, 0.2) is 12.1 Å². The van der Waals surface area contributed by atoms with E-state index in [2.05, 4.69) is 10.1 Å². The summed E-state index contributed by atoms with van der Waals surface area (Å²) in [5, 5.41) is 11.3. The Morgan fingerprint density at radius 1 is 1.44 bits per heavy atom. The molecule has 5 heteroatoms. The zero-order chi connectivity index (χ0) is 12.1. The molecule has 1 rings (SSSR count). The van der Waals surface area contributed by atoms with Crippen LogP contribution in [0, 0.1) is 23.0 Å². The number of ether oxygens (including phenoxy) is 1. The van der Waals surface area contributed by atoms with Gasteiger partial charge in [0.2, 0.25) is 0 Å². The summed E-state index contributed by atoms with van der Waals surface area (Å²) in [5.74, 6) is -1.38. The number of hydrogen-bond acceptors (Lipinski definition) is 3. The summed E-state index contributed by atoms with van der Waals surface area (Å²) in [6, 6.07) is 3.41. The number of benzene rings is 1. The number of nitrogens with one attached hydrogen (secondary N) is 1. The minimum atomic E-state index is -0.642. The normalized spacial score (nSPS) is 11.9. The molecule has 0 aliphatic carbocycles. The van der Waals surface area contributed by atoms with Gasteiger partial charge in [0, 0.05) is 17.7 Å². The van der Waals surface area contributed by atoms with Gasteiger partial charge in [-0.1, -0.05) is 0 Å². The van der Waals surface area contributed by atoms with Gasteiger partial charge in [-0.3, -0.25) is 0 Å². The fraction of sp³-hybridized carbons (Fsp3) is 0.364. The lowest BCUT2D eigenvalue weighted by Crippen LogP contribution is -2.17. The first-order chi connectivity index (χ1) is 7.63. The van der Waals surface area contributed by atoms with Crippen LogP contribution in [-0.4, -0.2) is 14.2 Å². The third-order valence-electron chi connectivity index (χ3n) is 2.29. The third kappa shape index (κ3) is 2.47. The van der Waals surface area contributed by atoms with Crippen molar-refractivity contribution in [1.29, 1.82) is 5.26 Å². The summed E-state index contributed by atoms with van der Waals surface area (Å²) in [6.45, 7) is 0. The molecule has 0 fully saturated rings. The van der Waals surface area contributed by atoms with Gasteiger partial charge in [-0.15, -0.1) is 0 Å². The molecular weight excluding hydrogens is 214 g/mol. The Bertz CT molecular complexity index is 415. The molecule has 0 amide bonds. The van der Waals surface area contributed by atoms with Gasteiger partial charge in [-0.05, 0) is 13.1 Å². The van der Waals surface area contributed by atoms with Crippen LogP contribution in [0.5, 0.6) is 5.75 Å². The Labute approximate surface area is 92.6 Å². The van der Waals surface area contributed by atoms with Gasteiger partial charge < -0.3 is 10.1 Å². The molecule has 0 saturated carbocycles. The highest BCUT2D eigenvalue weighted by Crippen LogP contribution is 2.26. The molecule has 86 valence electrons. The summed E-state index contributed by atoms with van der Waals surface area (Å²) >= 11 is 0. The topological polar surface area (TPSA) is 45.0 Å². The predicted molar refractivity (Wildman–Crippen MR) is 54.9 cm³/mol. The van der Waals surface area contributed by atoms with Crippen LogP contribution < -0.4 is 10.1 Å². The van der Waals surface area contributed by atoms with E-state index >= 15 is 0 Å². The van der Waals surface area contributed by atoms with Gasteiger partial charge in [0.25, 0.3) is 0 Å². The highest BCUT2D eigenvalue weighted by atomic mass is 19.1. The van der Waals surface area contributed by atoms with Gasteiger partial charge in [-0.2, -0.15) is 5.26 Å². The van der Waals surface area contributed by atoms with Gasteiger partial charge in [0.1, 0.15) is 5.82 Å². The summed E-state index contributed by atoms with van der Waals surface area (Å²) in [7, 11) is 2.85. The molecule has 1 atom stereocenters. The monoisotopic (exact) mass is 226 g/mol. The first-order valence-electron chi connectivity index (χ1n) is 4.71. The van der Waals surface area contributed by atoms with Crippen LogP contribution in [0.25, 0.3) is 0 Å². The van der Waals surface area contributed by atoms with Gasteiger partial charge in [0.05, 0.1) is 19.6 Å². The average molecular weight is 226 g/mol. The van der Waals surface area contributed by atoms with E-state index in [1.165, 1.54) is 7.11 Å². The maximum atomic E-state index is 13.6. The molecule has 0 aliphatic heterocycles. The summed E-state index contributed by atoms with van der Waals surface area (Å²) in [6.07, 6.45) is 0.0686. The number of methoxy groups -OCH3 is 1. The Kier molecular flexibility index (Phi) is 4.20. The number of hydrogen-bond donors (Lipinski definition) is 1. The lowest BCUT2D eigenvalue weighted by molar-refractivity contribution is 0.380. The van der Waals surface area contributed by atoms with Crippen LogP contribution in [0.2, 0.25) is 0 Å². The Morgan fingerprint density at radius 2 is 2.12 bits per heavy atom. The van der Waals surface area contributed by atoms with Crippen molar-refractivity contribution >= 4 is 0 Å². The molecule has 0 aromatic heterocycles. The molecule has 0 heterocycles. The third-order valence-corrected chi connectivity index (χ3v) is 2.29.